The van der Waals surface area contributed by atoms with Crippen molar-refractivity contribution in [2.24, 2.45) is 0 Å². The Kier molecular flexibility index (Phi) is 5.23. The van der Waals surface area contributed by atoms with Crippen LogP contribution in [0.5, 0.6) is 0 Å². The molecule has 1 unspecified atom stereocenters. The first-order valence-corrected chi connectivity index (χ1v) is 6.38. The number of carbonyl (C=O) groups is 1. The summed E-state index contributed by atoms with van der Waals surface area (Å²) in [5.74, 6) is -4.06. The molecule has 0 saturated carbocycles. The van der Waals surface area contributed by atoms with Gasteiger partial charge in [0.2, 0.25) is 0 Å². The summed E-state index contributed by atoms with van der Waals surface area (Å²) in [6, 6.07) is -0.424. The van der Waals surface area contributed by atoms with Crippen molar-refractivity contribution in [1.29, 1.82) is 0 Å². The molecule has 1 saturated heterocycles. The van der Waals surface area contributed by atoms with Gasteiger partial charge in [0, 0.05) is 19.1 Å². The van der Waals surface area contributed by atoms with Crippen LogP contribution >= 0.6 is 0 Å². The Labute approximate surface area is 115 Å². The molecule has 1 atom stereocenters. The monoisotopic (exact) mass is 300 g/mol. The molecule has 0 aromatic carbocycles. The highest BCUT2D eigenvalue weighted by atomic mass is 19.3. The highest BCUT2D eigenvalue weighted by Crippen LogP contribution is 2.22. The second-order valence-corrected chi connectivity index (χ2v) is 5.85. The Morgan fingerprint density at radius 1 is 1.40 bits per heavy atom. The predicted molar refractivity (Wildman–Crippen MR) is 65.2 cm³/mol. The lowest BCUT2D eigenvalue weighted by atomic mass is 10.2. The number of halogens is 4. The van der Waals surface area contributed by atoms with Gasteiger partial charge in [-0.25, -0.2) is 13.6 Å². The van der Waals surface area contributed by atoms with Crippen molar-refractivity contribution in [2.75, 3.05) is 19.6 Å². The number of rotatable bonds is 4. The molecule has 1 N–H and O–H groups in total. The zero-order chi connectivity index (χ0) is 15.6. The summed E-state index contributed by atoms with van der Waals surface area (Å²) in [6.45, 7) is 4.60. The molecular formula is C12H20F4N2O2. The molecule has 20 heavy (non-hydrogen) atoms. The van der Waals surface area contributed by atoms with Crippen molar-refractivity contribution < 1.29 is 27.1 Å². The molecule has 0 aromatic rings. The highest BCUT2D eigenvalue weighted by Gasteiger charge is 2.41. The molecule has 1 amide bonds. The number of nitrogens with zero attached hydrogens (tertiary/aromatic N) is 1. The standard InChI is InChI=1S/C12H20F4N2O2/c1-11(2,3)20-10(19)18-5-4-8(6-18)17-7-12(15,16)9(13)14/h8-9,17H,4-7H2,1-3H3. The zero-order valence-corrected chi connectivity index (χ0v) is 11.8. The number of hydrogen-bond acceptors (Lipinski definition) is 3. The molecule has 0 aliphatic carbocycles. The highest BCUT2D eigenvalue weighted by molar-refractivity contribution is 5.68. The Balaban J connectivity index is 2.39. The predicted octanol–water partition coefficient (Wildman–Crippen LogP) is 2.49. The third-order valence-corrected chi connectivity index (χ3v) is 2.79. The summed E-state index contributed by atoms with van der Waals surface area (Å²) in [5.41, 5.74) is -0.634. The van der Waals surface area contributed by atoms with Crippen molar-refractivity contribution in [2.45, 2.75) is 51.2 Å². The fourth-order valence-electron chi connectivity index (χ4n) is 1.78. The summed E-state index contributed by atoms with van der Waals surface area (Å²) in [4.78, 5) is 13.1. The van der Waals surface area contributed by atoms with E-state index in [4.69, 9.17) is 4.74 Å². The first-order valence-electron chi connectivity index (χ1n) is 6.38. The quantitative estimate of drug-likeness (QED) is 0.811. The van der Waals surface area contributed by atoms with E-state index in [0.717, 1.165) is 0 Å². The molecular weight excluding hydrogens is 280 g/mol. The van der Waals surface area contributed by atoms with Crippen LogP contribution in [0.4, 0.5) is 22.4 Å². The van der Waals surface area contributed by atoms with Crippen LogP contribution in [0, 0.1) is 0 Å². The van der Waals surface area contributed by atoms with E-state index in [1.807, 2.05) is 0 Å². The van der Waals surface area contributed by atoms with E-state index in [2.05, 4.69) is 5.32 Å². The van der Waals surface area contributed by atoms with Crippen molar-refractivity contribution in [3.63, 3.8) is 0 Å². The van der Waals surface area contributed by atoms with E-state index in [1.165, 1.54) is 4.90 Å². The Bertz CT molecular complexity index is 345. The average Bonchev–Trinajstić information content (AvgIpc) is 2.72. The maximum atomic E-state index is 12.8. The minimum absolute atomic E-state index is 0.175. The first kappa shape index (κ1) is 17.0. The fraction of sp³-hybridized carbons (Fsp3) is 0.917. The Morgan fingerprint density at radius 2 is 2.00 bits per heavy atom. The van der Waals surface area contributed by atoms with Gasteiger partial charge in [0.1, 0.15) is 5.60 Å². The van der Waals surface area contributed by atoms with Crippen LogP contribution < -0.4 is 5.32 Å². The zero-order valence-electron chi connectivity index (χ0n) is 11.8. The maximum Gasteiger partial charge on any atom is 0.410 e. The van der Waals surface area contributed by atoms with Crippen LogP contribution in [-0.4, -0.2) is 54.6 Å². The topological polar surface area (TPSA) is 41.6 Å². The Hall–Kier alpha value is -1.05. The number of carbonyl (C=O) groups excluding carboxylic acids is 1. The van der Waals surface area contributed by atoms with Crippen molar-refractivity contribution in [1.82, 2.24) is 10.2 Å². The summed E-state index contributed by atoms with van der Waals surface area (Å²) >= 11 is 0. The van der Waals surface area contributed by atoms with Gasteiger partial charge in [0.05, 0.1) is 6.54 Å². The van der Waals surface area contributed by atoms with Gasteiger partial charge in [-0.05, 0) is 27.2 Å². The maximum absolute atomic E-state index is 12.8. The second-order valence-electron chi connectivity index (χ2n) is 5.85. The van der Waals surface area contributed by atoms with Gasteiger partial charge in [-0.2, -0.15) is 8.78 Å². The van der Waals surface area contributed by atoms with Crippen molar-refractivity contribution in [3.8, 4) is 0 Å². The third kappa shape index (κ3) is 5.15. The van der Waals surface area contributed by atoms with E-state index < -0.39 is 36.6 Å². The second kappa shape index (κ2) is 6.15. The number of nitrogens with one attached hydrogen (secondary N) is 1. The van der Waals surface area contributed by atoms with Gasteiger partial charge < -0.3 is 15.0 Å². The minimum atomic E-state index is -4.06. The fourth-order valence-corrected chi connectivity index (χ4v) is 1.78. The molecule has 8 heteroatoms. The Morgan fingerprint density at radius 3 is 2.50 bits per heavy atom. The SMILES string of the molecule is CC(C)(C)OC(=O)N1CCC(NCC(F)(F)C(F)F)C1. The van der Waals surface area contributed by atoms with Crippen LogP contribution in [0.1, 0.15) is 27.2 Å². The van der Waals surface area contributed by atoms with E-state index in [9.17, 15) is 22.4 Å². The van der Waals surface area contributed by atoms with Gasteiger partial charge in [0.15, 0.2) is 0 Å². The lowest BCUT2D eigenvalue weighted by molar-refractivity contribution is -0.126. The van der Waals surface area contributed by atoms with Gasteiger partial charge in [-0.15, -0.1) is 0 Å². The lowest BCUT2D eigenvalue weighted by Gasteiger charge is -2.24. The molecule has 1 aliphatic rings. The third-order valence-electron chi connectivity index (χ3n) is 2.79. The van der Waals surface area contributed by atoms with E-state index in [-0.39, 0.29) is 6.54 Å². The van der Waals surface area contributed by atoms with Crippen LogP contribution in [0.2, 0.25) is 0 Å². The number of alkyl halides is 4. The number of hydrogen-bond donors (Lipinski definition) is 1. The summed E-state index contributed by atoms with van der Waals surface area (Å²) in [6.07, 6.45) is -3.79. The molecule has 0 spiro atoms. The normalized spacial score (nSPS) is 20.6. The average molecular weight is 300 g/mol. The van der Waals surface area contributed by atoms with Crippen molar-refractivity contribution >= 4 is 6.09 Å². The summed E-state index contributed by atoms with van der Waals surface area (Å²) < 4.78 is 54.7. The minimum Gasteiger partial charge on any atom is -0.444 e. The van der Waals surface area contributed by atoms with Gasteiger partial charge in [-0.1, -0.05) is 0 Å². The largest absolute Gasteiger partial charge is 0.444 e. The molecule has 1 rings (SSSR count). The molecule has 118 valence electrons. The van der Waals surface area contributed by atoms with Gasteiger partial charge in [-0.3, -0.25) is 0 Å². The molecule has 1 aliphatic heterocycles. The smallest absolute Gasteiger partial charge is 0.410 e. The molecule has 0 radical (unpaired) electrons. The van der Waals surface area contributed by atoms with E-state index in [1.54, 1.807) is 20.8 Å². The van der Waals surface area contributed by atoms with Crippen LogP contribution in [0.3, 0.4) is 0 Å². The van der Waals surface area contributed by atoms with E-state index >= 15 is 0 Å². The lowest BCUT2D eigenvalue weighted by Crippen LogP contribution is -2.44. The molecule has 1 heterocycles. The van der Waals surface area contributed by atoms with Crippen LogP contribution in [0.15, 0.2) is 0 Å². The van der Waals surface area contributed by atoms with Gasteiger partial charge in [0.25, 0.3) is 0 Å². The summed E-state index contributed by atoms with van der Waals surface area (Å²) in [5, 5.41) is 2.37. The van der Waals surface area contributed by atoms with Crippen molar-refractivity contribution in [3.05, 3.63) is 0 Å². The molecule has 1 fully saturated rings. The first-order chi connectivity index (χ1) is 9.01. The molecule has 4 nitrogen and oxygen atoms in total. The number of likely N-dealkylation sites (tertiary alicyclic amines) is 1. The number of amides is 1. The molecule has 0 aromatic heterocycles. The van der Waals surface area contributed by atoms with Crippen LogP contribution in [-0.2, 0) is 4.74 Å². The van der Waals surface area contributed by atoms with Crippen LogP contribution in [0.25, 0.3) is 0 Å². The molecule has 0 bridgehead atoms. The number of ether oxygens (including phenoxy) is 1. The van der Waals surface area contributed by atoms with E-state index in [0.29, 0.717) is 13.0 Å². The van der Waals surface area contributed by atoms with Gasteiger partial charge >= 0.3 is 18.4 Å². The summed E-state index contributed by atoms with van der Waals surface area (Å²) in [7, 11) is 0.